The highest BCUT2D eigenvalue weighted by Gasteiger charge is 2.40. The van der Waals surface area contributed by atoms with E-state index >= 15 is 0 Å². The Bertz CT molecular complexity index is 1020. The van der Waals surface area contributed by atoms with E-state index < -0.39 is 10.0 Å². The Balaban J connectivity index is 1.59. The van der Waals surface area contributed by atoms with Crippen LogP contribution in [0.3, 0.4) is 0 Å². The van der Waals surface area contributed by atoms with Gasteiger partial charge in [0.1, 0.15) is 11.5 Å². The maximum Gasteiger partial charge on any atom is 0.243 e. The number of fused-ring (bicyclic) bond motifs is 2. The lowest BCUT2D eigenvalue weighted by atomic mass is 9.99. The number of aryl methyl sites for hydroxylation is 2. The van der Waals surface area contributed by atoms with Gasteiger partial charge < -0.3 is 9.47 Å². The van der Waals surface area contributed by atoms with Crippen molar-refractivity contribution in [2.24, 2.45) is 0 Å². The summed E-state index contributed by atoms with van der Waals surface area (Å²) in [7, 11) is -3.59. The molecule has 5 nitrogen and oxygen atoms in total. The van der Waals surface area contributed by atoms with Crippen molar-refractivity contribution in [3.8, 4) is 11.5 Å². The Morgan fingerprint density at radius 1 is 1.07 bits per heavy atom. The molecule has 148 valence electrons. The SMILES string of the molecule is Cc1ccc(C)c(S(=O)(=O)N(Cc2c3c(cc4c2OCC4)OCC3)C2CC2)c1. The van der Waals surface area contributed by atoms with Crippen molar-refractivity contribution < 1.29 is 17.9 Å². The van der Waals surface area contributed by atoms with Crippen molar-refractivity contribution in [3.05, 3.63) is 52.1 Å². The van der Waals surface area contributed by atoms with E-state index in [0.717, 1.165) is 65.0 Å². The lowest BCUT2D eigenvalue weighted by Crippen LogP contribution is -2.33. The smallest absolute Gasteiger partial charge is 0.243 e. The fourth-order valence-electron chi connectivity index (χ4n) is 4.29. The molecule has 0 N–H and O–H groups in total. The summed E-state index contributed by atoms with van der Waals surface area (Å²) in [6, 6.07) is 7.79. The predicted octanol–water partition coefficient (Wildman–Crippen LogP) is 3.53. The van der Waals surface area contributed by atoms with Gasteiger partial charge in [-0.3, -0.25) is 0 Å². The van der Waals surface area contributed by atoms with E-state index in [-0.39, 0.29) is 6.04 Å². The maximum atomic E-state index is 13.6. The van der Waals surface area contributed by atoms with Gasteiger partial charge in [0.15, 0.2) is 0 Å². The number of sulfonamides is 1. The van der Waals surface area contributed by atoms with Gasteiger partial charge in [-0.05, 0) is 49.9 Å². The molecule has 0 spiro atoms. The van der Waals surface area contributed by atoms with Crippen LogP contribution < -0.4 is 9.47 Å². The third kappa shape index (κ3) is 2.90. The third-order valence-electron chi connectivity index (χ3n) is 5.96. The first-order chi connectivity index (χ1) is 13.4. The first kappa shape index (κ1) is 18.0. The average Bonchev–Trinajstić information content (AvgIpc) is 3.19. The van der Waals surface area contributed by atoms with Crippen LogP contribution >= 0.6 is 0 Å². The molecule has 1 saturated carbocycles. The molecule has 0 amide bonds. The van der Waals surface area contributed by atoms with Gasteiger partial charge in [0.2, 0.25) is 10.0 Å². The number of hydrogen-bond acceptors (Lipinski definition) is 4. The van der Waals surface area contributed by atoms with E-state index in [0.29, 0.717) is 24.7 Å². The van der Waals surface area contributed by atoms with E-state index in [9.17, 15) is 8.42 Å². The molecular weight excluding hydrogens is 374 g/mol. The van der Waals surface area contributed by atoms with Gasteiger partial charge >= 0.3 is 0 Å². The molecular formula is C22H25NO4S. The quantitative estimate of drug-likeness (QED) is 0.772. The number of rotatable bonds is 5. The summed E-state index contributed by atoms with van der Waals surface area (Å²) in [6.45, 7) is 5.46. The van der Waals surface area contributed by atoms with Crippen LogP contribution in [0.25, 0.3) is 0 Å². The van der Waals surface area contributed by atoms with Crippen molar-refractivity contribution in [1.29, 1.82) is 0 Å². The van der Waals surface area contributed by atoms with Crippen molar-refractivity contribution in [3.63, 3.8) is 0 Å². The summed E-state index contributed by atoms with van der Waals surface area (Å²) in [5.41, 5.74) is 5.00. The first-order valence-corrected chi connectivity index (χ1v) is 11.4. The topological polar surface area (TPSA) is 55.8 Å². The minimum atomic E-state index is -3.59. The lowest BCUT2D eigenvalue weighted by molar-refractivity contribution is 0.341. The van der Waals surface area contributed by atoms with Gasteiger partial charge in [-0.2, -0.15) is 4.31 Å². The van der Waals surface area contributed by atoms with Gasteiger partial charge in [0, 0.05) is 42.1 Å². The highest BCUT2D eigenvalue weighted by Crippen LogP contribution is 2.43. The fraction of sp³-hybridized carbons (Fsp3) is 0.455. The molecule has 0 unspecified atom stereocenters. The number of nitrogens with zero attached hydrogens (tertiary/aromatic N) is 1. The molecule has 0 bridgehead atoms. The fourth-order valence-corrected chi connectivity index (χ4v) is 6.26. The summed E-state index contributed by atoms with van der Waals surface area (Å²) >= 11 is 0. The van der Waals surface area contributed by atoms with Crippen molar-refractivity contribution in [2.45, 2.75) is 57.0 Å². The largest absolute Gasteiger partial charge is 0.493 e. The van der Waals surface area contributed by atoms with Crippen LogP contribution in [0.15, 0.2) is 29.2 Å². The van der Waals surface area contributed by atoms with Crippen LogP contribution in [0.4, 0.5) is 0 Å². The standard InChI is InChI=1S/C22H25NO4S/c1-14-3-4-15(2)21(11-14)28(24,25)23(17-5-6-17)13-19-18-8-10-26-20(18)12-16-7-9-27-22(16)19/h3-4,11-12,17H,5-10,13H2,1-2H3. The average molecular weight is 400 g/mol. The van der Waals surface area contributed by atoms with Crippen LogP contribution in [0.2, 0.25) is 0 Å². The molecule has 5 rings (SSSR count). The molecule has 2 aromatic rings. The molecule has 28 heavy (non-hydrogen) atoms. The molecule has 1 aliphatic carbocycles. The van der Waals surface area contributed by atoms with Gasteiger partial charge in [-0.25, -0.2) is 8.42 Å². The molecule has 6 heteroatoms. The zero-order chi connectivity index (χ0) is 19.5. The van der Waals surface area contributed by atoms with E-state index in [1.165, 1.54) is 0 Å². The highest BCUT2D eigenvalue weighted by molar-refractivity contribution is 7.89. The lowest BCUT2D eigenvalue weighted by Gasteiger charge is -2.25. The Hall–Kier alpha value is -2.05. The molecule has 0 atom stereocenters. The van der Waals surface area contributed by atoms with E-state index in [2.05, 4.69) is 6.07 Å². The second-order valence-electron chi connectivity index (χ2n) is 8.07. The van der Waals surface area contributed by atoms with E-state index in [4.69, 9.17) is 9.47 Å². The van der Waals surface area contributed by atoms with Crippen LogP contribution in [0.5, 0.6) is 11.5 Å². The van der Waals surface area contributed by atoms with Crippen molar-refractivity contribution >= 4 is 10.0 Å². The van der Waals surface area contributed by atoms with Crippen LogP contribution in [0.1, 0.15) is 40.7 Å². The van der Waals surface area contributed by atoms with Crippen molar-refractivity contribution in [2.75, 3.05) is 13.2 Å². The number of ether oxygens (including phenoxy) is 2. The Morgan fingerprint density at radius 3 is 2.64 bits per heavy atom. The Labute approximate surface area is 166 Å². The minimum Gasteiger partial charge on any atom is -0.493 e. The summed E-state index contributed by atoms with van der Waals surface area (Å²) in [4.78, 5) is 0.417. The summed E-state index contributed by atoms with van der Waals surface area (Å²) in [6.07, 6.45) is 3.49. The van der Waals surface area contributed by atoms with Gasteiger partial charge in [-0.1, -0.05) is 12.1 Å². The molecule has 1 fully saturated rings. The zero-order valence-electron chi connectivity index (χ0n) is 16.3. The molecule has 2 aromatic carbocycles. The molecule has 0 radical (unpaired) electrons. The normalized spacial score (nSPS) is 18.0. The Morgan fingerprint density at radius 2 is 1.86 bits per heavy atom. The number of benzene rings is 2. The zero-order valence-corrected chi connectivity index (χ0v) is 17.1. The van der Waals surface area contributed by atoms with Gasteiger partial charge in [-0.15, -0.1) is 0 Å². The molecule has 2 aliphatic heterocycles. The summed E-state index contributed by atoms with van der Waals surface area (Å²) in [5, 5.41) is 0. The van der Waals surface area contributed by atoms with Crippen LogP contribution in [0, 0.1) is 13.8 Å². The second kappa shape index (κ2) is 6.49. The first-order valence-electron chi connectivity index (χ1n) is 9.97. The monoisotopic (exact) mass is 399 g/mol. The van der Waals surface area contributed by atoms with Crippen molar-refractivity contribution in [1.82, 2.24) is 4.31 Å². The van der Waals surface area contributed by atoms with Crippen LogP contribution in [-0.4, -0.2) is 32.0 Å². The van der Waals surface area contributed by atoms with Gasteiger partial charge in [0.25, 0.3) is 0 Å². The number of hydrogen-bond donors (Lipinski definition) is 0. The minimum absolute atomic E-state index is 0.0696. The van der Waals surface area contributed by atoms with E-state index in [1.807, 2.05) is 26.0 Å². The second-order valence-corrected chi connectivity index (χ2v) is 9.93. The highest BCUT2D eigenvalue weighted by atomic mass is 32.2. The van der Waals surface area contributed by atoms with Gasteiger partial charge in [0.05, 0.1) is 18.1 Å². The Kier molecular flexibility index (Phi) is 4.18. The molecule has 3 aliphatic rings. The third-order valence-corrected chi connectivity index (χ3v) is 8.00. The molecule has 2 heterocycles. The summed E-state index contributed by atoms with van der Waals surface area (Å²) < 4.78 is 40.7. The van der Waals surface area contributed by atoms with E-state index in [1.54, 1.807) is 10.4 Å². The van der Waals surface area contributed by atoms with Crippen LogP contribution in [-0.2, 0) is 29.4 Å². The summed E-state index contributed by atoms with van der Waals surface area (Å²) in [5.74, 6) is 1.78. The maximum absolute atomic E-state index is 13.6. The predicted molar refractivity (Wildman–Crippen MR) is 107 cm³/mol. The molecule has 0 saturated heterocycles. The molecule has 0 aromatic heterocycles.